The minimum Gasteiger partial charge on any atom is -0.444 e. The van der Waals surface area contributed by atoms with Crippen LogP contribution in [0.15, 0.2) is 85.1 Å². The number of aromatic nitrogens is 2. The summed E-state index contributed by atoms with van der Waals surface area (Å²) >= 11 is 0. The minimum absolute atomic E-state index is 0.115. The lowest BCUT2D eigenvalue weighted by Gasteiger charge is -2.24. The van der Waals surface area contributed by atoms with Gasteiger partial charge in [-0.25, -0.2) is 13.9 Å². The third-order valence-electron chi connectivity index (χ3n) is 6.61. The minimum atomic E-state index is -0.523. The molecule has 5 rings (SSSR count). The number of ether oxygens (including phenoxy) is 1. The summed E-state index contributed by atoms with van der Waals surface area (Å²) in [5.41, 5.74) is 4.66. The largest absolute Gasteiger partial charge is 0.444 e. The molecule has 0 bridgehead atoms. The molecule has 1 N–H and O–H groups in total. The number of carbonyl (C=O) groups is 1. The molecule has 7 heteroatoms. The van der Waals surface area contributed by atoms with Crippen LogP contribution in [0.1, 0.15) is 32.8 Å². The highest BCUT2D eigenvalue weighted by atomic mass is 19.1. The van der Waals surface area contributed by atoms with E-state index in [9.17, 15) is 4.79 Å². The van der Waals surface area contributed by atoms with Crippen LogP contribution in [0.4, 0.5) is 9.18 Å². The number of nitrogens with one attached hydrogen (secondary N) is 1. The highest BCUT2D eigenvalue weighted by molar-refractivity contribution is 5.69. The van der Waals surface area contributed by atoms with Gasteiger partial charge in [-0.15, -0.1) is 0 Å². The molecule has 1 unspecified atom stereocenters. The smallest absolute Gasteiger partial charge is 0.410 e. The number of nitrogens with zero attached hydrogens (tertiary/aromatic N) is 3. The van der Waals surface area contributed by atoms with Gasteiger partial charge in [-0.2, -0.15) is 5.10 Å². The lowest BCUT2D eigenvalue weighted by Crippen LogP contribution is -2.38. The molecule has 1 amide bonds. The van der Waals surface area contributed by atoms with E-state index in [0.717, 1.165) is 28.8 Å². The van der Waals surface area contributed by atoms with Gasteiger partial charge in [0, 0.05) is 36.8 Å². The van der Waals surface area contributed by atoms with Gasteiger partial charge in [-0.1, -0.05) is 54.6 Å². The van der Waals surface area contributed by atoms with Gasteiger partial charge in [0.2, 0.25) is 0 Å². The molecule has 0 saturated carbocycles. The van der Waals surface area contributed by atoms with Crippen molar-refractivity contribution in [1.29, 1.82) is 0 Å². The first-order valence-electron chi connectivity index (χ1n) is 13.0. The molecular weight excluding hydrogens is 479 g/mol. The third-order valence-corrected chi connectivity index (χ3v) is 6.61. The van der Waals surface area contributed by atoms with Crippen LogP contribution in [-0.2, 0) is 11.3 Å². The average Bonchev–Trinajstić information content (AvgIpc) is 3.55. The van der Waals surface area contributed by atoms with Crippen LogP contribution in [-0.4, -0.2) is 45.5 Å². The summed E-state index contributed by atoms with van der Waals surface area (Å²) in [6, 6.07) is 25.2. The summed E-state index contributed by atoms with van der Waals surface area (Å²) < 4.78 is 22.3. The zero-order valence-electron chi connectivity index (χ0n) is 22.0. The first-order chi connectivity index (χ1) is 18.3. The number of hydrogen-bond acceptors (Lipinski definition) is 4. The molecule has 0 spiro atoms. The molecule has 0 radical (unpaired) electrons. The second-order valence-corrected chi connectivity index (χ2v) is 10.6. The summed E-state index contributed by atoms with van der Waals surface area (Å²) in [5.74, 6) is -0.298. The Morgan fingerprint density at radius 2 is 1.68 bits per heavy atom. The van der Waals surface area contributed by atoms with Crippen LogP contribution in [0, 0.1) is 5.82 Å². The standard InChI is InChI=1S/C31H33FN4O2/c1-31(2,3)38-30(37)35-18-17-25(21-35)33-19-24-20-34-36(29(24)27-11-7-8-12-28(27)32)26-15-13-23(14-16-26)22-9-5-4-6-10-22/h4-16,20,25,33H,17-19,21H2,1-3H3. The van der Waals surface area contributed by atoms with Crippen LogP contribution in [0.3, 0.4) is 0 Å². The average molecular weight is 513 g/mol. The SMILES string of the molecule is CC(C)(C)OC(=O)N1CCC(NCc2cnn(-c3ccc(-c4ccccc4)cc3)c2-c2ccccc2F)C1. The van der Waals surface area contributed by atoms with Gasteiger partial charge in [-0.3, -0.25) is 0 Å². The molecule has 3 aromatic carbocycles. The van der Waals surface area contributed by atoms with Crippen molar-refractivity contribution >= 4 is 6.09 Å². The summed E-state index contributed by atoms with van der Waals surface area (Å²) in [6.07, 6.45) is 2.32. The van der Waals surface area contributed by atoms with Gasteiger partial charge < -0.3 is 15.0 Å². The van der Waals surface area contributed by atoms with E-state index in [4.69, 9.17) is 4.74 Å². The van der Waals surface area contributed by atoms with Crippen LogP contribution in [0.5, 0.6) is 0 Å². The Morgan fingerprint density at radius 1 is 1.00 bits per heavy atom. The molecule has 196 valence electrons. The van der Waals surface area contributed by atoms with Crippen molar-refractivity contribution in [2.24, 2.45) is 0 Å². The van der Waals surface area contributed by atoms with Gasteiger partial charge in [-0.05, 0) is 62.6 Å². The van der Waals surface area contributed by atoms with Crippen molar-refractivity contribution in [3.05, 3.63) is 96.4 Å². The maximum absolute atomic E-state index is 15.0. The van der Waals surface area contributed by atoms with Crippen molar-refractivity contribution in [3.63, 3.8) is 0 Å². The molecule has 1 fully saturated rings. The highest BCUT2D eigenvalue weighted by Gasteiger charge is 2.30. The lowest BCUT2D eigenvalue weighted by molar-refractivity contribution is 0.0291. The first kappa shape index (κ1) is 25.7. The zero-order chi connectivity index (χ0) is 26.7. The monoisotopic (exact) mass is 512 g/mol. The number of carbonyl (C=O) groups excluding carboxylic acids is 1. The number of benzene rings is 3. The van der Waals surface area contributed by atoms with Crippen molar-refractivity contribution in [3.8, 4) is 28.1 Å². The fourth-order valence-corrected chi connectivity index (χ4v) is 4.75. The van der Waals surface area contributed by atoms with Crippen LogP contribution in [0.2, 0.25) is 0 Å². The number of hydrogen-bond donors (Lipinski definition) is 1. The van der Waals surface area contributed by atoms with Crippen LogP contribution >= 0.6 is 0 Å². The molecule has 2 heterocycles. The molecule has 6 nitrogen and oxygen atoms in total. The van der Waals surface area contributed by atoms with Crippen molar-refractivity contribution in [2.45, 2.75) is 45.4 Å². The summed E-state index contributed by atoms with van der Waals surface area (Å²) in [6.45, 7) is 7.31. The van der Waals surface area contributed by atoms with Crippen molar-refractivity contribution in [1.82, 2.24) is 20.0 Å². The van der Waals surface area contributed by atoms with Gasteiger partial charge in [0.05, 0.1) is 17.6 Å². The Hall–Kier alpha value is -3.97. The van der Waals surface area contributed by atoms with E-state index in [1.54, 1.807) is 27.9 Å². The van der Waals surface area contributed by atoms with Gasteiger partial charge in [0.25, 0.3) is 0 Å². The number of rotatable bonds is 6. The third kappa shape index (κ3) is 5.78. The Morgan fingerprint density at radius 3 is 2.39 bits per heavy atom. The number of amides is 1. The van der Waals surface area contributed by atoms with Gasteiger partial charge in [0.1, 0.15) is 11.4 Å². The number of likely N-dealkylation sites (tertiary alicyclic amines) is 1. The quantitative estimate of drug-likeness (QED) is 0.323. The highest BCUT2D eigenvalue weighted by Crippen LogP contribution is 2.30. The summed E-state index contributed by atoms with van der Waals surface area (Å²) in [5, 5.41) is 8.21. The fraction of sp³-hybridized carbons (Fsp3) is 0.290. The maximum atomic E-state index is 15.0. The molecule has 4 aromatic rings. The molecule has 38 heavy (non-hydrogen) atoms. The molecule has 1 aromatic heterocycles. The molecule has 1 atom stereocenters. The van der Waals surface area contributed by atoms with Gasteiger partial charge in [0.15, 0.2) is 0 Å². The Bertz CT molecular complexity index is 1390. The van der Waals surface area contributed by atoms with Crippen LogP contribution in [0.25, 0.3) is 28.1 Å². The lowest BCUT2D eigenvalue weighted by atomic mass is 10.0. The van der Waals surface area contributed by atoms with E-state index in [1.165, 1.54) is 6.07 Å². The van der Waals surface area contributed by atoms with Crippen molar-refractivity contribution < 1.29 is 13.9 Å². The fourth-order valence-electron chi connectivity index (χ4n) is 4.75. The zero-order valence-corrected chi connectivity index (χ0v) is 22.0. The Kier molecular flexibility index (Phi) is 7.29. The maximum Gasteiger partial charge on any atom is 0.410 e. The molecule has 1 aliphatic rings. The van der Waals surface area contributed by atoms with E-state index in [2.05, 4.69) is 34.7 Å². The molecular formula is C31H33FN4O2. The molecule has 0 aliphatic carbocycles. The van der Waals surface area contributed by atoms with E-state index in [0.29, 0.717) is 30.9 Å². The van der Waals surface area contributed by atoms with Crippen molar-refractivity contribution in [2.75, 3.05) is 13.1 Å². The number of halogens is 1. The molecule has 1 aliphatic heterocycles. The summed E-state index contributed by atoms with van der Waals surface area (Å²) in [4.78, 5) is 14.2. The second-order valence-electron chi connectivity index (χ2n) is 10.6. The normalized spacial score (nSPS) is 15.6. The Balaban J connectivity index is 1.37. The predicted molar refractivity (Wildman–Crippen MR) is 147 cm³/mol. The topological polar surface area (TPSA) is 59.4 Å². The van der Waals surface area contributed by atoms with Crippen LogP contribution < -0.4 is 5.32 Å². The predicted octanol–water partition coefficient (Wildman–Crippen LogP) is 6.44. The summed E-state index contributed by atoms with van der Waals surface area (Å²) in [7, 11) is 0. The first-order valence-corrected chi connectivity index (χ1v) is 13.0. The molecule has 1 saturated heterocycles. The van der Waals surface area contributed by atoms with E-state index >= 15 is 4.39 Å². The van der Waals surface area contributed by atoms with E-state index in [-0.39, 0.29) is 18.0 Å². The van der Waals surface area contributed by atoms with E-state index in [1.807, 2.05) is 57.2 Å². The van der Waals surface area contributed by atoms with E-state index < -0.39 is 5.60 Å². The van der Waals surface area contributed by atoms with Gasteiger partial charge >= 0.3 is 6.09 Å². The second kappa shape index (κ2) is 10.8. The Labute approximate surface area is 223 Å².